The van der Waals surface area contributed by atoms with Crippen LogP contribution in [0.5, 0.6) is 0 Å². The Morgan fingerprint density at radius 3 is 2.73 bits per heavy atom. The SMILES string of the molecule is O=C1C[C@H](C2CNC2)CCO1. The van der Waals surface area contributed by atoms with Gasteiger partial charge in [0.15, 0.2) is 0 Å². The van der Waals surface area contributed by atoms with Crippen molar-refractivity contribution < 1.29 is 9.53 Å². The molecule has 2 rings (SSSR count). The van der Waals surface area contributed by atoms with Crippen molar-refractivity contribution in [2.24, 2.45) is 11.8 Å². The number of hydrogen-bond donors (Lipinski definition) is 1. The van der Waals surface area contributed by atoms with E-state index in [1.165, 1.54) is 0 Å². The Morgan fingerprint density at radius 1 is 1.36 bits per heavy atom. The molecule has 0 spiro atoms. The van der Waals surface area contributed by atoms with Crippen molar-refractivity contribution in [1.29, 1.82) is 0 Å². The second-order valence-corrected chi connectivity index (χ2v) is 3.39. The van der Waals surface area contributed by atoms with Gasteiger partial charge in [-0.1, -0.05) is 0 Å². The maximum absolute atomic E-state index is 10.9. The van der Waals surface area contributed by atoms with Crippen LogP contribution in [-0.4, -0.2) is 25.7 Å². The lowest BCUT2D eigenvalue weighted by atomic mass is 9.82. The largest absolute Gasteiger partial charge is 0.466 e. The van der Waals surface area contributed by atoms with Crippen LogP contribution in [0.1, 0.15) is 12.8 Å². The van der Waals surface area contributed by atoms with E-state index in [-0.39, 0.29) is 5.97 Å². The molecule has 2 heterocycles. The highest BCUT2D eigenvalue weighted by molar-refractivity contribution is 5.70. The van der Waals surface area contributed by atoms with Crippen LogP contribution in [0.25, 0.3) is 0 Å². The van der Waals surface area contributed by atoms with Crippen molar-refractivity contribution in [2.45, 2.75) is 12.8 Å². The van der Waals surface area contributed by atoms with E-state index in [0.29, 0.717) is 18.9 Å². The number of hydrogen-bond acceptors (Lipinski definition) is 3. The second-order valence-electron chi connectivity index (χ2n) is 3.39. The van der Waals surface area contributed by atoms with Gasteiger partial charge in [-0.2, -0.15) is 0 Å². The molecule has 0 aromatic carbocycles. The van der Waals surface area contributed by atoms with E-state index in [1.807, 2.05) is 0 Å². The summed E-state index contributed by atoms with van der Waals surface area (Å²) in [5.74, 6) is 1.33. The van der Waals surface area contributed by atoms with Gasteiger partial charge in [-0.15, -0.1) is 0 Å². The Kier molecular flexibility index (Phi) is 1.82. The molecule has 2 saturated heterocycles. The first-order valence-electron chi connectivity index (χ1n) is 4.22. The third-order valence-electron chi connectivity index (χ3n) is 2.66. The van der Waals surface area contributed by atoms with Gasteiger partial charge in [-0.25, -0.2) is 0 Å². The van der Waals surface area contributed by atoms with E-state index in [4.69, 9.17) is 4.74 Å². The third-order valence-corrected chi connectivity index (χ3v) is 2.66. The van der Waals surface area contributed by atoms with Crippen molar-refractivity contribution in [3.63, 3.8) is 0 Å². The predicted octanol–water partition coefficient (Wildman–Crippen LogP) is 0.159. The number of ether oxygens (including phenoxy) is 1. The first-order chi connectivity index (χ1) is 5.36. The summed E-state index contributed by atoms with van der Waals surface area (Å²) < 4.78 is 4.87. The van der Waals surface area contributed by atoms with Gasteiger partial charge in [0.25, 0.3) is 0 Å². The molecule has 3 nitrogen and oxygen atoms in total. The summed E-state index contributed by atoms with van der Waals surface area (Å²) in [6.07, 6.45) is 1.71. The minimum atomic E-state index is -0.00634. The maximum Gasteiger partial charge on any atom is 0.306 e. The Hall–Kier alpha value is -0.570. The molecule has 2 aliphatic rings. The number of carbonyl (C=O) groups excluding carboxylic acids is 1. The highest BCUT2D eigenvalue weighted by atomic mass is 16.5. The van der Waals surface area contributed by atoms with Gasteiger partial charge >= 0.3 is 5.97 Å². The van der Waals surface area contributed by atoms with E-state index in [9.17, 15) is 4.79 Å². The molecule has 2 fully saturated rings. The molecular formula is C8H13NO2. The summed E-state index contributed by atoms with van der Waals surface area (Å²) in [4.78, 5) is 10.9. The standard InChI is InChI=1S/C8H13NO2/c10-8-3-6(1-2-11-8)7-4-9-5-7/h6-7,9H,1-5H2/t6-/m1/s1. The molecule has 0 radical (unpaired) electrons. The minimum Gasteiger partial charge on any atom is -0.466 e. The first-order valence-corrected chi connectivity index (χ1v) is 4.22. The molecule has 0 aliphatic carbocycles. The summed E-state index contributed by atoms with van der Waals surface area (Å²) in [5, 5.41) is 3.22. The molecule has 0 amide bonds. The fourth-order valence-corrected chi connectivity index (χ4v) is 1.75. The van der Waals surface area contributed by atoms with E-state index in [1.54, 1.807) is 0 Å². The van der Waals surface area contributed by atoms with Gasteiger partial charge in [-0.05, 0) is 31.3 Å². The molecule has 0 bridgehead atoms. The average Bonchev–Trinajstić information content (AvgIpc) is 1.83. The zero-order chi connectivity index (χ0) is 7.68. The zero-order valence-corrected chi connectivity index (χ0v) is 6.51. The van der Waals surface area contributed by atoms with Gasteiger partial charge in [0.1, 0.15) is 0 Å². The van der Waals surface area contributed by atoms with Crippen molar-refractivity contribution >= 4 is 5.97 Å². The average molecular weight is 155 g/mol. The molecule has 1 N–H and O–H groups in total. The highest BCUT2D eigenvalue weighted by Crippen LogP contribution is 2.26. The van der Waals surface area contributed by atoms with Crippen LogP contribution in [0.15, 0.2) is 0 Å². The van der Waals surface area contributed by atoms with Gasteiger partial charge in [0, 0.05) is 6.42 Å². The van der Waals surface area contributed by atoms with E-state index in [2.05, 4.69) is 5.32 Å². The summed E-state index contributed by atoms with van der Waals surface area (Å²) in [5.41, 5.74) is 0. The molecule has 0 aromatic heterocycles. The molecule has 0 saturated carbocycles. The Balaban J connectivity index is 1.87. The molecule has 0 unspecified atom stereocenters. The van der Waals surface area contributed by atoms with Crippen molar-refractivity contribution in [3.05, 3.63) is 0 Å². The van der Waals surface area contributed by atoms with Gasteiger partial charge < -0.3 is 10.1 Å². The van der Waals surface area contributed by atoms with Crippen molar-refractivity contribution in [1.82, 2.24) is 5.32 Å². The summed E-state index contributed by atoms with van der Waals surface area (Å²) >= 11 is 0. The Labute approximate surface area is 66.1 Å². The zero-order valence-electron chi connectivity index (χ0n) is 6.51. The van der Waals surface area contributed by atoms with Crippen LogP contribution >= 0.6 is 0 Å². The molecule has 11 heavy (non-hydrogen) atoms. The second kappa shape index (κ2) is 2.81. The number of rotatable bonds is 1. The van der Waals surface area contributed by atoms with Crippen LogP contribution in [0.3, 0.4) is 0 Å². The highest BCUT2D eigenvalue weighted by Gasteiger charge is 2.31. The lowest BCUT2D eigenvalue weighted by Gasteiger charge is -2.36. The number of cyclic esters (lactones) is 1. The van der Waals surface area contributed by atoms with Gasteiger partial charge in [0.05, 0.1) is 6.61 Å². The van der Waals surface area contributed by atoms with Crippen LogP contribution in [-0.2, 0) is 9.53 Å². The topological polar surface area (TPSA) is 38.3 Å². The molecule has 0 aromatic rings. The Bertz CT molecular complexity index is 165. The molecule has 3 heteroatoms. The fraction of sp³-hybridized carbons (Fsp3) is 0.875. The van der Waals surface area contributed by atoms with Crippen molar-refractivity contribution in [2.75, 3.05) is 19.7 Å². The fourth-order valence-electron chi connectivity index (χ4n) is 1.75. The molecule has 62 valence electrons. The van der Waals surface area contributed by atoms with E-state index >= 15 is 0 Å². The van der Waals surface area contributed by atoms with Crippen LogP contribution < -0.4 is 5.32 Å². The summed E-state index contributed by atoms with van der Waals surface area (Å²) in [6, 6.07) is 0. The molecule has 2 aliphatic heterocycles. The lowest BCUT2D eigenvalue weighted by molar-refractivity contribution is -0.150. The third kappa shape index (κ3) is 1.38. The van der Waals surface area contributed by atoms with Gasteiger partial charge in [-0.3, -0.25) is 4.79 Å². The maximum atomic E-state index is 10.9. The van der Waals surface area contributed by atoms with Crippen LogP contribution in [0.4, 0.5) is 0 Å². The van der Waals surface area contributed by atoms with Crippen LogP contribution in [0, 0.1) is 11.8 Å². The van der Waals surface area contributed by atoms with Crippen LogP contribution in [0.2, 0.25) is 0 Å². The minimum absolute atomic E-state index is 0.00634. The normalized spacial score (nSPS) is 32.7. The molecule has 1 atom stereocenters. The monoisotopic (exact) mass is 155 g/mol. The molecular weight excluding hydrogens is 142 g/mol. The van der Waals surface area contributed by atoms with E-state index in [0.717, 1.165) is 25.4 Å². The smallest absolute Gasteiger partial charge is 0.306 e. The number of carbonyl (C=O) groups is 1. The van der Waals surface area contributed by atoms with Crippen molar-refractivity contribution in [3.8, 4) is 0 Å². The first kappa shape index (κ1) is 7.10. The number of esters is 1. The Morgan fingerprint density at radius 2 is 2.18 bits per heavy atom. The van der Waals surface area contributed by atoms with E-state index < -0.39 is 0 Å². The lowest BCUT2D eigenvalue weighted by Crippen LogP contribution is -2.47. The quantitative estimate of drug-likeness (QED) is 0.548. The predicted molar refractivity (Wildman–Crippen MR) is 40.0 cm³/mol. The number of nitrogens with one attached hydrogen (secondary N) is 1. The van der Waals surface area contributed by atoms with Gasteiger partial charge in [0.2, 0.25) is 0 Å². The summed E-state index contributed by atoms with van der Waals surface area (Å²) in [6.45, 7) is 2.83. The summed E-state index contributed by atoms with van der Waals surface area (Å²) in [7, 11) is 0.